The fraction of sp³-hybridized carbons (Fsp3) is 0.538. The third-order valence-electron chi connectivity index (χ3n) is 3.96. The lowest BCUT2D eigenvalue weighted by atomic mass is 9.81. The maximum absolute atomic E-state index is 10.8. The van der Waals surface area contributed by atoms with Gasteiger partial charge in [-0.15, -0.1) is 0 Å². The van der Waals surface area contributed by atoms with Gasteiger partial charge in [0.15, 0.2) is 0 Å². The van der Waals surface area contributed by atoms with E-state index in [9.17, 15) is 5.11 Å². The highest BCUT2D eigenvalue weighted by Crippen LogP contribution is 2.44. The molecule has 0 aromatic heterocycles. The lowest BCUT2D eigenvalue weighted by molar-refractivity contribution is -0.0113. The zero-order valence-corrected chi connectivity index (χ0v) is 10.9. The Hall–Kier alpha value is -0.280. The van der Waals surface area contributed by atoms with E-state index in [2.05, 4.69) is 5.32 Å². The summed E-state index contributed by atoms with van der Waals surface area (Å²) in [6, 6.07) is 6.32. The normalized spacial score (nSPS) is 36.2. The molecule has 2 N–H and O–H groups in total. The number of benzene rings is 1. The van der Waals surface area contributed by atoms with Gasteiger partial charge in [-0.3, -0.25) is 0 Å². The van der Waals surface area contributed by atoms with Gasteiger partial charge >= 0.3 is 0 Å². The molecule has 92 valence electrons. The molecule has 0 amide bonds. The monoisotopic (exact) mass is 271 g/mol. The molecule has 2 aliphatic heterocycles. The molecular weight excluding hydrogens is 257 g/mol. The highest BCUT2D eigenvalue weighted by atomic mass is 35.5. The standard InChI is InChI=1S/C13H15Cl2NO/c14-11-3-1-2-10(12(11)15)13(17)6-8-4-5-9(7-13)16-8/h1-3,8-9,16-17H,4-7H2. The molecule has 2 nitrogen and oxygen atoms in total. The molecule has 0 aliphatic carbocycles. The van der Waals surface area contributed by atoms with Crippen molar-refractivity contribution in [1.82, 2.24) is 5.32 Å². The molecule has 1 aromatic rings. The first-order valence-corrected chi connectivity index (χ1v) is 6.77. The molecule has 0 radical (unpaired) electrons. The van der Waals surface area contributed by atoms with Gasteiger partial charge in [-0.2, -0.15) is 0 Å². The van der Waals surface area contributed by atoms with Gasteiger partial charge in [-0.25, -0.2) is 0 Å². The Morgan fingerprint density at radius 1 is 1.18 bits per heavy atom. The van der Waals surface area contributed by atoms with E-state index < -0.39 is 5.60 Å². The Bertz CT molecular complexity index is 437. The largest absolute Gasteiger partial charge is 0.385 e. The van der Waals surface area contributed by atoms with Crippen LogP contribution in [-0.2, 0) is 5.60 Å². The first-order chi connectivity index (χ1) is 8.08. The minimum absolute atomic E-state index is 0.411. The van der Waals surface area contributed by atoms with E-state index in [4.69, 9.17) is 23.2 Å². The highest BCUT2D eigenvalue weighted by molar-refractivity contribution is 6.42. The van der Waals surface area contributed by atoms with Crippen LogP contribution in [0.4, 0.5) is 0 Å². The average Bonchev–Trinajstić information content (AvgIpc) is 2.62. The topological polar surface area (TPSA) is 32.3 Å². The smallest absolute Gasteiger partial charge is 0.0941 e. The van der Waals surface area contributed by atoms with Crippen LogP contribution in [0.15, 0.2) is 18.2 Å². The maximum atomic E-state index is 10.8. The summed E-state index contributed by atoms with van der Waals surface area (Å²) in [6.07, 6.45) is 3.74. The van der Waals surface area contributed by atoms with Crippen molar-refractivity contribution >= 4 is 23.2 Å². The SMILES string of the molecule is OC1(c2cccc(Cl)c2Cl)CC2CCC(C1)N2. The van der Waals surface area contributed by atoms with E-state index in [0.29, 0.717) is 22.1 Å². The summed E-state index contributed by atoms with van der Waals surface area (Å²) < 4.78 is 0. The van der Waals surface area contributed by atoms with Gasteiger partial charge in [0, 0.05) is 17.6 Å². The van der Waals surface area contributed by atoms with Crippen LogP contribution in [-0.4, -0.2) is 17.2 Å². The van der Waals surface area contributed by atoms with Crippen molar-refractivity contribution < 1.29 is 5.11 Å². The van der Waals surface area contributed by atoms with Crippen molar-refractivity contribution in [3.8, 4) is 0 Å². The Morgan fingerprint density at radius 3 is 2.47 bits per heavy atom. The van der Waals surface area contributed by atoms with Crippen LogP contribution < -0.4 is 5.32 Å². The molecule has 2 unspecified atom stereocenters. The van der Waals surface area contributed by atoms with Gasteiger partial charge in [0.2, 0.25) is 0 Å². The van der Waals surface area contributed by atoms with E-state index >= 15 is 0 Å². The molecule has 2 fully saturated rings. The summed E-state index contributed by atoms with van der Waals surface area (Å²) in [5.74, 6) is 0. The Balaban J connectivity index is 2.00. The summed E-state index contributed by atoms with van der Waals surface area (Å²) >= 11 is 12.2. The molecule has 2 atom stereocenters. The van der Waals surface area contributed by atoms with Crippen LogP contribution in [0.1, 0.15) is 31.2 Å². The van der Waals surface area contributed by atoms with E-state index in [1.165, 1.54) is 0 Å². The number of hydrogen-bond donors (Lipinski definition) is 2. The number of nitrogens with one attached hydrogen (secondary N) is 1. The van der Waals surface area contributed by atoms with Crippen LogP contribution in [0.25, 0.3) is 0 Å². The molecule has 0 spiro atoms. The third-order valence-corrected chi connectivity index (χ3v) is 4.78. The van der Waals surface area contributed by atoms with Crippen molar-refractivity contribution in [2.45, 2.75) is 43.4 Å². The van der Waals surface area contributed by atoms with Crippen molar-refractivity contribution in [1.29, 1.82) is 0 Å². The second-order valence-corrected chi connectivity index (χ2v) is 5.96. The molecule has 2 bridgehead atoms. The molecule has 2 heterocycles. The van der Waals surface area contributed by atoms with Crippen LogP contribution in [0.5, 0.6) is 0 Å². The quantitative estimate of drug-likeness (QED) is 0.823. The van der Waals surface area contributed by atoms with Gasteiger partial charge < -0.3 is 10.4 Å². The highest BCUT2D eigenvalue weighted by Gasteiger charge is 2.44. The lowest BCUT2D eigenvalue weighted by Gasteiger charge is -2.38. The predicted molar refractivity (Wildman–Crippen MR) is 69.5 cm³/mol. The van der Waals surface area contributed by atoms with Crippen LogP contribution in [0.3, 0.4) is 0 Å². The summed E-state index contributed by atoms with van der Waals surface area (Å²) in [4.78, 5) is 0. The van der Waals surface area contributed by atoms with Gasteiger partial charge in [-0.1, -0.05) is 35.3 Å². The van der Waals surface area contributed by atoms with Gasteiger partial charge in [0.05, 0.1) is 15.6 Å². The second-order valence-electron chi connectivity index (χ2n) is 5.18. The summed E-state index contributed by atoms with van der Waals surface area (Å²) in [6.45, 7) is 0. The molecule has 2 aliphatic rings. The molecular formula is C13H15Cl2NO. The van der Waals surface area contributed by atoms with Crippen molar-refractivity contribution in [3.63, 3.8) is 0 Å². The Labute approximate surface area is 111 Å². The van der Waals surface area contributed by atoms with E-state index in [0.717, 1.165) is 31.2 Å². The van der Waals surface area contributed by atoms with Gasteiger partial charge in [0.1, 0.15) is 0 Å². The average molecular weight is 272 g/mol. The summed E-state index contributed by atoms with van der Waals surface area (Å²) in [7, 11) is 0. The molecule has 1 aromatic carbocycles. The fourth-order valence-electron chi connectivity index (χ4n) is 3.21. The van der Waals surface area contributed by atoms with E-state index in [1.807, 2.05) is 12.1 Å². The summed E-state index contributed by atoms with van der Waals surface area (Å²) in [5, 5.41) is 15.4. The lowest BCUT2D eigenvalue weighted by Crippen LogP contribution is -2.46. The number of halogens is 2. The van der Waals surface area contributed by atoms with Crippen LogP contribution in [0, 0.1) is 0 Å². The zero-order valence-electron chi connectivity index (χ0n) is 9.42. The minimum atomic E-state index is -0.820. The predicted octanol–water partition coefficient (Wildman–Crippen LogP) is 3.10. The van der Waals surface area contributed by atoms with Crippen molar-refractivity contribution in [3.05, 3.63) is 33.8 Å². The Morgan fingerprint density at radius 2 is 1.82 bits per heavy atom. The molecule has 4 heteroatoms. The Kier molecular flexibility index (Phi) is 2.86. The van der Waals surface area contributed by atoms with E-state index in [-0.39, 0.29) is 0 Å². The number of fused-ring (bicyclic) bond motifs is 2. The summed E-state index contributed by atoms with van der Waals surface area (Å²) in [5.41, 5.74) is -0.0379. The number of piperidine rings is 1. The van der Waals surface area contributed by atoms with Gasteiger partial charge in [0.25, 0.3) is 0 Å². The first-order valence-electron chi connectivity index (χ1n) is 6.01. The minimum Gasteiger partial charge on any atom is -0.385 e. The molecule has 2 saturated heterocycles. The second kappa shape index (κ2) is 4.13. The zero-order chi connectivity index (χ0) is 12.0. The van der Waals surface area contributed by atoms with Gasteiger partial charge in [-0.05, 0) is 31.7 Å². The number of rotatable bonds is 1. The molecule has 0 saturated carbocycles. The molecule has 17 heavy (non-hydrogen) atoms. The first kappa shape index (κ1) is 11.8. The fourth-order valence-corrected chi connectivity index (χ4v) is 3.68. The maximum Gasteiger partial charge on any atom is 0.0941 e. The van der Waals surface area contributed by atoms with Crippen LogP contribution in [0.2, 0.25) is 10.0 Å². The van der Waals surface area contributed by atoms with Crippen molar-refractivity contribution in [2.24, 2.45) is 0 Å². The van der Waals surface area contributed by atoms with Crippen molar-refractivity contribution in [2.75, 3.05) is 0 Å². The number of hydrogen-bond acceptors (Lipinski definition) is 2. The van der Waals surface area contributed by atoms with E-state index in [1.54, 1.807) is 6.07 Å². The number of aliphatic hydroxyl groups is 1. The molecule has 3 rings (SSSR count). The van der Waals surface area contributed by atoms with Crippen LogP contribution >= 0.6 is 23.2 Å². The third kappa shape index (κ3) is 1.97.